The molecular formula is C21H18FNO2. The topological polar surface area (TPSA) is 30.8 Å². The van der Waals surface area contributed by atoms with Crippen LogP contribution in [0, 0.1) is 5.82 Å². The van der Waals surface area contributed by atoms with Crippen LogP contribution in [-0.4, -0.2) is 13.3 Å². The maximum absolute atomic E-state index is 13.1. The lowest BCUT2D eigenvalue weighted by molar-refractivity contribution is 0.305. The highest BCUT2D eigenvalue weighted by molar-refractivity contribution is 5.82. The molecule has 3 aromatic carbocycles. The summed E-state index contributed by atoms with van der Waals surface area (Å²) >= 11 is 0. The van der Waals surface area contributed by atoms with Crippen LogP contribution in [0.15, 0.2) is 77.8 Å². The van der Waals surface area contributed by atoms with Gasteiger partial charge in [-0.2, -0.15) is 0 Å². The van der Waals surface area contributed by atoms with Gasteiger partial charge in [0.1, 0.15) is 23.9 Å². The SMILES string of the molecule is COc1ccc(N=Cc2ccc(OCc3cccc(F)c3)cc2)cc1. The molecule has 4 heteroatoms. The number of halogens is 1. The van der Waals surface area contributed by atoms with Crippen molar-refractivity contribution in [3.8, 4) is 11.5 Å². The Balaban J connectivity index is 1.58. The Bertz CT molecular complexity index is 843. The molecule has 3 rings (SSSR count). The van der Waals surface area contributed by atoms with Crippen LogP contribution in [0.5, 0.6) is 11.5 Å². The van der Waals surface area contributed by atoms with Gasteiger partial charge in [-0.25, -0.2) is 4.39 Å². The Hall–Kier alpha value is -3.14. The number of benzene rings is 3. The maximum Gasteiger partial charge on any atom is 0.123 e. The smallest absolute Gasteiger partial charge is 0.123 e. The maximum atomic E-state index is 13.1. The predicted molar refractivity (Wildman–Crippen MR) is 97.4 cm³/mol. The average molecular weight is 335 g/mol. The number of nitrogens with zero attached hydrogens (tertiary/aromatic N) is 1. The van der Waals surface area contributed by atoms with Gasteiger partial charge in [0, 0.05) is 6.21 Å². The van der Waals surface area contributed by atoms with Gasteiger partial charge in [-0.15, -0.1) is 0 Å². The van der Waals surface area contributed by atoms with Crippen molar-refractivity contribution in [1.82, 2.24) is 0 Å². The van der Waals surface area contributed by atoms with Gasteiger partial charge in [0.15, 0.2) is 0 Å². The Morgan fingerprint density at radius 3 is 2.32 bits per heavy atom. The molecule has 0 N–H and O–H groups in total. The van der Waals surface area contributed by atoms with Crippen molar-refractivity contribution in [3.05, 3.63) is 89.7 Å². The first kappa shape index (κ1) is 16.7. The van der Waals surface area contributed by atoms with Crippen molar-refractivity contribution in [1.29, 1.82) is 0 Å². The molecule has 0 spiro atoms. The third-order valence-electron chi connectivity index (χ3n) is 3.61. The Kier molecular flexibility index (Phi) is 5.42. The van der Waals surface area contributed by atoms with Crippen LogP contribution < -0.4 is 9.47 Å². The van der Waals surface area contributed by atoms with E-state index in [2.05, 4.69) is 4.99 Å². The molecule has 0 atom stereocenters. The number of hydrogen-bond donors (Lipinski definition) is 0. The minimum atomic E-state index is -0.258. The van der Waals surface area contributed by atoms with E-state index in [1.807, 2.05) is 54.6 Å². The zero-order valence-corrected chi connectivity index (χ0v) is 13.9. The second kappa shape index (κ2) is 8.11. The molecule has 0 saturated heterocycles. The lowest BCUT2D eigenvalue weighted by atomic mass is 10.2. The number of ether oxygens (including phenoxy) is 2. The van der Waals surface area contributed by atoms with Gasteiger partial charge in [0.05, 0.1) is 12.8 Å². The Morgan fingerprint density at radius 1 is 0.920 bits per heavy atom. The van der Waals surface area contributed by atoms with E-state index in [0.29, 0.717) is 6.61 Å². The van der Waals surface area contributed by atoms with Crippen molar-refractivity contribution in [2.75, 3.05) is 7.11 Å². The summed E-state index contributed by atoms with van der Waals surface area (Å²) in [7, 11) is 1.64. The third kappa shape index (κ3) is 4.91. The molecule has 0 aliphatic heterocycles. The van der Waals surface area contributed by atoms with Crippen molar-refractivity contribution in [2.24, 2.45) is 4.99 Å². The molecule has 0 unspecified atom stereocenters. The van der Waals surface area contributed by atoms with E-state index in [1.54, 1.807) is 19.4 Å². The van der Waals surface area contributed by atoms with Crippen LogP contribution in [0.4, 0.5) is 10.1 Å². The minimum Gasteiger partial charge on any atom is -0.497 e. The molecule has 0 saturated carbocycles. The number of rotatable bonds is 6. The van der Waals surface area contributed by atoms with Gasteiger partial charge in [0.25, 0.3) is 0 Å². The highest BCUT2D eigenvalue weighted by Crippen LogP contribution is 2.18. The fraction of sp³-hybridized carbons (Fsp3) is 0.0952. The summed E-state index contributed by atoms with van der Waals surface area (Å²) in [6, 6.07) is 21.5. The number of aliphatic imine (C=N–C) groups is 1. The fourth-order valence-electron chi connectivity index (χ4n) is 2.26. The van der Waals surface area contributed by atoms with E-state index in [0.717, 1.165) is 28.3 Å². The van der Waals surface area contributed by atoms with Crippen LogP contribution in [0.3, 0.4) is 0 Å². The molecule has 0 aliphatic rings. The van der Waals surface area contributed by atoms with Gasteiger partial charge in [-0.1, -0.05) is 12.1 Å². The molecule has 0 aromatic heterocycles. The van der Waals surface area contributed by atoms with Gasteiger partial charge >= 0.3 is 0 Å². The van der Waals surface area contributed by atoms with E-state index in [-0.39, 0.29) is 5.82 Å². The highest BCUT2D eigenvalue weighted by atomic mass is 19.1. The highest BCUT2D eigenvalue weighted by Gasteiger charge is 1.98. The first-order valence-electron chi connectivity index (χ1n) is 7.88. The molecule has 126 valence electrons. The first-order chi connectivity index (χ1) is 12.2. The third-order valence-corrected chi connectivity index (χ3v) is 3.61. The van der Waals surface area contributed by atoms with Crippen LogP contribution in [0.2, 0.25) is 0 Å². The summed E-state index contributed by atoms with van der Waals surface area (Å²) in [5.41, 5.74) is 2.62. The normalized spacial score (nSPS) is 10.8. The largest absolute Gasteiger partial charge is 0.497 e. The second-order valence-electron chi connectivity index (χ2n) is 5.44. The van der Waals surface area contributed by atoms with Gasteiger partial charge in [0.2, 0.25) is 0 Å². The molecule has 25 heavy (non-hydrogen) atoms. The molecule has 0 aliphatic carbocycles. The van der Waals surface area contributed by atoms with Gasteiger partial charge < -0.3 is 9.47 Å². The van der Waals surface area contributed by atoms with E-state index < -0.39 is 0 Å². The van der Waals surface area contributed by atoms with Crippen molar-refractivity contribution < 1.29 is 13.9 Å². The zero-order valence-electron chi connectivity index (χ0n) is 13.9. The van der Waals surface area contributed by atoms with Crippen LogP contribution >= 0.6 is 0 Å². The lowest BCUT2D eigenvalue weighted by Crippen LogP contribution is -1.96. The molecule has 0 radical (unpaired) electrons. The van der Waals surface area contributed by atoms with Gasteiger partial charge in [-0.05, 0) is 71.8 Å². The van der Waals surface area contributed by atoms with Crippen molar-refractivity contribution >= 4 is 11.9 Å². The predicted octanol–water partition coefficient (Wildman–Crippen LogP) is 5.16. The Morgan fingerprint density at radius 2 is 1.64 bits per heavy atom. The summed E-state index contributed by atoms with van der Waals surface area (Å²) in [5.74, 6) is 1.27. The number of hydrogen-bond acceptors (Lipinski definition) is 3. The summed E-state index contributed by atoms with van der Waals surface area (Å²) in [6.07, 6.45) is 1.79. The molecule has 0 fully saturated rings. The number of methoxy groups -OCH3 is 1. The molecule has 0 amide bonds. The van der Waals surface area contributed by atoms with E-state index in [9.17, 15) is 4.39 Å². The van der Waals surface area contributed by atoms with E-state index in [4.69, 9.17) is 9.47 Å². The average Bonchev–Trinajstić information content (AvgIpc) is 2.66. The minimum absolute atomic E-state index is 0.258. The Labute approximate surface area is 146 Å². The molecule has 3 nitrogen and oxygen atoms in total. The molecule has 0 bridgehead atoms. The second-order valence-corrected chi connectivity index (χ2v) is 5.44. The quantitative estimate of drug-likeness (QED) is 0.582. The monoisotopic (exact) mass is 335 g/mol. The standard InChI is InChI=1S/C21H18FNO2/c1-24-20-11-7-19(8-12-20)23-14-16-5-9-21(10-6-16)25-15-17-3-2-4-18(22)13-17/h2-14H,15H2,1H3. The molecule has 0 heterocycles. The summed E-state index contributed by atoms with van der Waals surface area (Å²) in [5, 5.41) is 0. The first-order valence-corrected chi connectivity index (χ1v) is 7.88. The lowest BCUT2D eigenvalue weighted by Gasteiger charge is -2.06. The van der Waals surface area contributed by atoms with Gasteiger partial charge in [-0.3, -0.25) is 4.99 Å². The van der Waals surface area contributed by atoms with Crippen molar-refractivity contribution in [3.63, 3.8) is 0 Å². The summed E-state index contributed by atoms with van der Waals surface area (Å²) in [6.45, 7) is 0.330. The van der Waals surface area contributed by atoms with Crippen LogP contribution in [-0.2, 0) is 6.61 Å². The summed E-state index contributed by atoms with van der Waals surface area (Å²) in [4.78, 5) is 4.42. The van der Waals surface area contributed by atoms with Crippen molar-refractivity contribution in [2.45, 2.75) is 6.61 Å². The van der Waals surface area contributed by atoms with E-state index >= 15 is 0 Å². The van der Waals surface area contributed by atoms with Crippen LogP contribution in [0.25, 0.3) is 0 Å². The van der Waals surface area contributed by atoms with Crippen LogP contribution in [0.1, 0.15) is 11.1 Å². The zero-order chi connectivity index (χ0) is 17.5. The molecular weight excluding hydrogens is 317 g/mol. The fourth-order valence-corrected chi connectivity index (χ4v) is 2.26. The summed E-state index contributed by atoms with van der Waals surface area (Å²) < 4.78 is 23.9. The van der Waals surface area contributed by atoms with E-state index in [1.165, 1.54) is 12.1 Å². The molecule has 3 aromatic rings.